The Labute approximate surface area is 199 Å². The summed E-state index contributed by atoms with van der Waals surface area (Å²) in [7, 11) is 0. The van der Waals surface area contributed by atoms with E-state index in [-0.39, 0.29) is 24.4 Å². The van der Waals surface area contributed by atoms with Crippen LogP contribution in [0.2, 0.25) is 0 Å². The van der Waals surface area contributed by atoms with Crippen LogP contribution in [0.15, 0.2) is 47.1 Å². The Morgan fingerprint density at radius 2 is 1.82 bits per heavy atom. The van der Waals surface area contributed by atoms with Crippen molar-refractivity contribution in [2.45, 2.75) is 39.7 Å². The molecule has 2 N–H and O–H groups in total. The Kier molecular flexibility index (Phi) is 6.85. The standard InChI is InChI=1S/C26H29N5O3/c1-17-11-14-34-24(17)26(33)28-20-9-12-30(13-10-20)16-23(32)29-25-22(15-27)18(2)19(3)31(25)21-7-5-4-6-8-21/h4-8,11,14,20H,9-10,12-13,16H2,1-3H3,(H,28,33)(H,29,32). The summed E-state index contributed by atoms with van der Waals surface area (Å²) in [6.07, 6.45) is 3.02. The first kappa shape index (κ1) is 23.3. The fourth-order valence-corrected chi connectivity index (χ4v) is 4.43. The van der Waals surface area contributed by atoms with Crippen molar-refractivity contribution in [3.05, 3.63) is 70.8 Å². The van der Waals surface area contributed by atoms with E-state index in [1.165, 1.54) is 6.26 Å². The van der Waals surface area contributed by atoms with Crippen molar-refractivity contribution in [1.29, 1.82) is 5.26 Å². The number of furan rings is 1. The number of nitriles is 1. The van der Waals surface area contributed by atoms with Crippen LogP contribution in [-0.4, -0.2) is 47.0 Å². The molecule has 1 fully saturated rings. The Morgan fingerprint density at radius 3 is 2.44 bits per heavy atom. The second-order valence-corrected chi connectivity index (χ2v) is 8.72. The first-order valence-electron chi connectivity index (χ1n) is 11.4. The zero-order valence-electron chi connectivity index (χ0n) is 19.7. The van der Waals surface area contributed by atoms with Crippen LogP contribution >= 0.6 is 0 Å². The summed E-state index contributed by atoms with van der Waals surface area (Å²) in [5.74, 6) is 0.488. The lowest BCUT2D eigenvalue weighted by Gasteiger charge is -2.31. The summed E-state index contributed by atoms with van der Waals surface area (Å²) < 4.78 is 7.19. The van der Waals surface area contributed by atoms with Gasteiger partial charge in [-0.15, -0.1) is 0 Å². The van der Waals surface area contributed by atoms with Crippen LogP contribution < -0.4 is 10.6 Å². The number of carbonyl (C=O) groups excluding carboxylic acids is 2. The third kappa shape index (κ3) is 4.75. The highest BCUT2D eigenvalue weighted by atomic mass is 16.3. The summed E-state index contributed by atoms with van der Waals surface area (Å²) in [6, 6.07) is 13.7. The highest BCUT2D eigenvalue weighted by Crippen LogP contribution is 2.30. The molecule has 0 unspecified atom stereocenters. The van der Waals surface area contributed by atoms with Crippen LogP contribution in [0.4, 0.5) is 5.82 Å². The number of nitrogens with one attached hydrogen (secondary N) is 2. The molecule has 0 aliphatic carbocycles. The van der Waals surface area contributed by atoms with Gasteiger partial charge in [0.15, 0.2) is 5.76 Å². The molecule has 2 amide bonds. The average molecular weight is 460 g/mol. The number of aromatic nitrogens is 1. The van der Waals surface area contributed by atoms with E-state index in [4.69, 9.17) is 4.42 Å². The van der Waals surface area contributed by atoms with Gasteiger partial charge in [-0.2, -0.15) is 5.26 Å². The maximum Gasteiger partial charge on any atom is 0.287 e. The van der Waals surface area contributed by atoms with E-state index < -0.39 is 0 Å². The number of hydrogen-bond donors (Lipinski definition) is 2. The summed E-state index contributed by atoms with van der Waals surface area (Å²) in [5, 5.41) is 15.7. The molecule has 34 heavy (non-hydrogen) atoms. The van der Waals surface area contributed by atoms with Crippen LogP contribution in [0.5, 0.6) is 0 Å². The topological polar surface area (TPSA) is 103 Å². The molecule has 3 aromatic rings. The van der Waals surface area contributed by atoms with Crippen molar-refractivity contribution >= 4 is 17.6 Å². The number of hydrogen-bond acceptors (Lipinski definition) is 5. The lowest BCUT2D eigenvalue weighted by Crippen LogP contribution is -2.46. The molecule has 176 valence electrons. The molecule has 2 aromatic heterocycles. The summed E-state index contributed by atoms with van der Waals surface area (Å²) in [4.78, 5) is 27.4. The SMILES string of the molecule is Cc1ccoc1C(=O)NC1CCN(CC(=O)Nc2c(C#N)c(C)c(C)n2-c2ccccc2)CC1. The van der Waals surface area contributed by atoms with Gasteiger partial charge < -0.3 is 15.1 Å². The van der Waals surface area contributed by atoms with Crippen molar-refractivity contribution in [2.75, 3.05) is 25.0 Å². The van der Waals surface area contributed by atoms with Crippen molar-refractivity contribution in [3.63, 3.8) is 0 Å². The number of piperidine rings is 1. The lowest BCUT2D eigenvalue weighted by atomic mass is 10.0. The minimum atomic E-state index is -0.199. The minimum absolute atomic E-state index is 0.0436. The van der Waals surface area contributed by atoms with Gasteiger partial charge in [-0.3, -0.25) is 19.1 Å². The molecule has 3 heterocycles. The van der Waals surface area contributed by atoms with Gasteiger partial charge in [0, 0.05) is 36.1 Å². The fourth-order valence-electron chi connectivity index (χ4n) is 4.43. The van der Waals surface area contributed by atoms with E-state index in [9.17, 15) is 14.9 Å². The second kappa shape index (κ2) is 9.98. The third-order valence-electron chi connectivity index (χ3n) is 6.46. The molecule has 1 saturated heterocycles. The van der Waals surface area contributed by atoms with Gasteiger partial charge in [0.05, 0.1) is 18.4 Å². The van der Waals surface area contributed by atoms with E-state index in [0.29, 0.717) is 30.2 Å². The van der Waals surface area contributed by atoms with Gasteiger partial charge in [0.1, 0.15) is 11.9 Å². The number of likely N-dealkylation sites (tertiary alicyclic amines) is 1. The number of benzene rings is 1. The van der Waals surface area contributed by atoms with Gasteiger partial charge in [-0.05, 0) is 57.4 Å². The minimum Gasteiger partial charge on any atom is -0.459 e. The molecule has 1 aliphatic heterocycles. The predicted molar refractivity (Wildman–Crippen MR) is 129 cm³/mol. The number of amides is 2. The highest BCUT2D eigenvalue weighted by Gasteiger charge is 2.25. The molecule has 1 aromatic carbocycles. The number of carbonyl (C=O) groups is 2. The fraction of sp³-hybridized carbons (Fsp3) is 0.346. The quantitative estimate of drug-likeness (QED) is 0.585. The van der Waals surface area contributed by atoms with Crippen LogP contribution in [0.1, 0.15) is 45.8 Å². The van der Waals surface area contributed by atoms with Gasteiger partial charge >= 0.3 is 0 Å². The smallest absolute Gasteiger partial charge is 0.287 e. The van der Waals surface area contributed by atoms with E-state index >= 15 is 0 Å². The van der Waals surface area contributed by atoms with Crippen LogP contribution in [-0.2, 0) is 4.79 Å². The summed E-state index contributed by atoms with van der Waals surface area (Å²) in [5.41, 5.74) is 3.95. The van der Waals surface area contributed by atoms with E-state index in [2.05, 4.69) is 21.6 Å². The van der Waals surface area contributed by atoms with Crippen molar-refractivity contribution in [3.8, 4) is 11.8 Å². The molecular weight excluding hydrogens is 430 g/mol. The summed E-state index contributed by atoms with van der Waals surface area (Å²) in [6.45, 7) is 7.29. The molecule has 0 bridgehead atoms. The van der Waals surface area contributed by atoms with Crippen molar-refractivity contribution in [2.24, 2.45) is 0 Å². The number of anilines is 1. The lowest BCUT2D eigenvalue weighted by molar-refractivity contribution is -0.117. The maximum absolute atomic E-state index is 12.9. The molecule has 8 nitrogen and oxygen atoms in total. The monoisotopic (exact) mass is 459 g/mol. The number of aryl methyl sites for hydroxylation is 1. The number of para-hydroxylation sites is 1. The van der Waals surface area contributed by atoms with Crippen LogP contribution in [0.3, 0.4) is 0 Å². The van der Waals surface area contributed by atoms with Crippen molar-refractivity contribution in [1.82, 2.24) is 14.8 Å². The molecule has 0 radical (unpaired) electrons. The molecule has 0 spiro atoms. The number of nitrogens with zero attached hydrogens (tertiary/aromatic N) is 3. The summed E-state index contributed by atoms with van der Waals surface area (Å²) >= 11 is 0. The molecule has 0 saturated carbocycles. The Balaban J connectivity index is 1.38. The Bertz CT molecular complexity index is 1230. The average Bonchev–Trinajstić information content (AvgIpc) is 3.36. The largest absolute Gasteiger partial charge is 0.459 e. The Morgan fingerprint density at radius 1 is 1.12 bits per heavy atom. The van der Waals surface area contributed by atoms with Gasteiger partial charge in [0.2, 0.25) is 5.91 Å². The van der Waals surface area contributed by atoms with E-state index in [1.807, 2.05) is 55.7 Å². The molecule has 1 aliphatic rings. The zero-order valence-corrected chi connectivity index (χ0v) is 19.7. The normalized spacial score (nSPS) is 14.5. The second-order valence-electron chi connectivity index (χ2n) is 8.72. The predicted octanol–water partition coefficient (Wildman–Crippen LogP) is 3.70. The zero-order chi connectivity index (χ0) is 24.2. The number of rotatable bonds is 6. The first-order chi connectivity index (χ1) is 16.4. The van der Waals surface area contributed by atoms with Gasteiger partial charge in [-0.1, -0.05) is 18.2 Å². The highest BCUT2D eigenvalue weighted by molar-refractivity contribution is 5.94. The Hall–Kier alpha value is -3.83. The van der Waals surface area contributed by atoms with Gasteiger partial charge in [-0.25, -0.2) is 0 Å². The molecular formula is C26H29N5O3. The van der Waals surface area contributed by atoms with Crippen LogP contribution in [0.25, 0.3) is 5.69 Å². The molecule has 8 heteroatoms. The maximum atomic E-state index is 12.9. The third-order valence-corrected chi connectivity index (χ3v) is 6.46. The first-order valence-corrected chi connectivity index (χ1v) is 11.4. The van der Waals surface area contributed by atoms with E-state index in [0.717, 1.165) is 35.3 Å². The van der Waals surface area contributed by atoms with Gasteiger partial charge in [0.25, 0.3) is 5.91 Å². The van der Waals surface area contributed by atoms with Crippen LogP contribution in [0, 0.1) is 32.1 Å². The molecule has 4 rings (SSSR count). The molecule has 0 atom stereocenters. The van der Waals surface area contributed by atoms with E-state index in [1.54, 1.807) is 6.07 Å². The van der Waals surface area contributed by atoms with Crippen molar-refractivity contribution < 1.29 is 14.0 Å².